The van der Waals surface area contributed by atoms with Gasteiger partial charge >= 0.3 is 0 Å². The molecule has 10 nitrogen and oxygen atoms in total. The van der Waals surface area contributed by atoms with E-state index in [9.17, 15) is 14.4 Å². The van der Waals surface area contributed by atoms with Gasteiger partial charge in [-0.15, -0.1) is 0 Å². The Balaban J connectivity index is 1.30. The van der Waals surface area contributed by atoms with Crippen molar-refractivity contribution in [2.24, 2.45) is 5.92 Å². The van der Waals surface area contributed by atoms with Gasteiger partial charge in [0.15, 0.2) is 17.3 Å². The van der Waals surface area contributed by atoms with Crippen molar-refractivity contribution in [1.29, 1.82) is 0 Å². The Morgan fingerprint density at radius 1 is 0.941 bits per heavy atom. The summed E-state index contributed by atoms with van der Waals surface area (Å²) in [6.45, 7) is 3.02. The summed E-state index contributed by atoms with van der Waals surface area (Å²) in [6.07, 6.45) is 2.66. The number of hydrogen-bond acceptors (Lipinski definition) is 7. The second-order valence-electron chi connectivity index (χ2n) is 8.56. The maximum absolute atomic E-state index is 13.5. The standard InChI is InChI=1S/C24H27N3O7/c28-22(17-3-4-18-20(14-17)34-15-33-18)25-21(24(30)27-9-12-31-13-10-27)16-5-7-26(8-6-16)23(29)19-2-1-11-32-19/h1-4,11,14,16,21H,5-10,12-13,15H2,(H,25,28)/t21-/m1/s1. The summed E-state index contributed by atoms with van der Waals surface area (Å²) < 4.78 is 21.3. The van der Waals surface area contributed by atoms with Crippen LogP contribution in [0, 0.1) is 5.92 Å². The van der Waals surface area contributed by atoms with Crippen LogP contribution in [0.15, 0.2) is 41.0 Å². The number of carbonyl (C=O) groups excluding carboxylic acids is 3. The molecule has 3 aliphatic heterocycles. The third kappa shape index (κ3) is 4.58. The lowest BCUT2D eigenvalue weighted by Crippen LogP contribution is -2.56. The van der Waals surface area contributed by atoms with Crippen molar-refractivity contribution in [3.63, 3.8) is 0 Å². The minimum Gasteiger partial charge on any atom is -0.459 e. The summed E-state index contributed by atoms with van der Waals surface area (Å²) in [5.41, 5.74) is 0.398. The third-order valence-electron chi connectivity index (χ3n) is 6.54. The lowest BCUT2D eigenvalue weighted by Gasteiger charge is -2.38. The fourth-order valence-electron chi connectivity index (χ4n) is 4.62. The van der Waals surface area contributed by atoms with Crippen molar-refractivity contribution in [2.75, 3.05) is 46.2 Å². The van der Waals surface area contributed by atoms with Gasteiger partial charge in [-0.3, -0.25) is 14.4 Å². The molecule has 1 aromatic heterocycles. The number of amides is 3. The van der Waals surface area contributed by atoms with Crippen molar-refractivity contribution in [1.82, 2.24) is 15.1 Å². The SMILES string of the molecule is O=C(N[C@@H](C(=O)N1CCOCC1)C1CCN(C(=O)c2ccco2)CC1)c1ccc2c(c1)OCO2. The normalized spacial score (nSPS) is 19.1. The minimum absolute atomic E-state index is 0.103. The van der Waals surface area contributed by atoms with Gasteiger partial charge in [-0.05, 0) is 49.1 Å². The van der Waals surface area contributed by atoms with Crippen LogP contribution in [0.25, 0.3) is 0 Å². The maximum Gasteiger partial charge on any atom is 0.289 e. The van der Waals surface area contributed by atoms with Gasteiger partial charge in [-0.2, -0.15) is 0 Å². The third-order valence-corrected chi connectivity index (χ3v) is 6.54. The molecule has 4 heterocycles. The van der Waals surface area contributed by atoms with Crippen LogP contribution in [0.5, 0.6) is 11.5 Å². The fourth-order valence-corrected chi connectivity index (χ4v) is 4.62. The van der Waals surface area contributed by atoms with Crippen molar-refractivity contribution < 1.29 is 33.0 Å². The number of morpholine rings is 1. The van der Waals surface area contributed by atoms with Gasteiger partial charge in [-0.25, -0.2) is 0 Å². The van der Waals surface area contributed by atoms with Crippen LogP contribution < -0.4 is 14.8 Å². The molecule has 1 atom stereocenters. The fraction of sp³-hybridized carbons (Fsp3) is 0.458. The highest BCUT2D eigenvalue weighted by molar-refractivity contribution is 5.98. The molecule has 2 saturated heterocycles. The first-order valence-corrected chi connectivity index (χ1v) is 11.5. The quantitative estimate of drug-likeness (QED) is 0.707. The molecular formula is C24H27N3O7. The van der Waals surface area contributed by atoms with E-state index < -0.39 is 6.04 Å². The zero-order valence-corrected chi connectivity index (χ0v) is 18.7. The largest absolute Gasteiger partial charge is 0.459 e. The van der Waals surface area contributed by atoms with E-state index in [0.29, 0.717) is 75.1 Å². The molecule has 0 saturated carbocycles. The predicted molar refractivity (Wildman–Crippen MR) is 119 cm³/mol. The highest BCUT2D eigenvalue weighted by Gasteiger charge is 2.37. The first kappa shape index (κ1) is 22.3. The van der Waals surface area contributed by atoms with Crippen LogP contribution >= 0.6 is 0 Å². The number of carbonyl (C=O) groups is 3. The van der Waals surface area contributed by atoms with E-state index in [1.165, 1.54) is 6.26 Å². The first-order valence-electron chi connectivity index (χ1n) is 11.5. The number of piperidine rings is 1. The number of likely N-dealkylation sites (tertiary alicyclic amines) is 1. The van der Waals surface area contributed by atoms with Crippen LogP contribution in [0.2, 0.25) is 0 Å². The first-order chi connectivity index (χ1) is 16.6. The molecule has 0 spiro atoms. The number of ether oxygens (including phenoxy) is 3. The van der Waals surface area contributed by atoms with E-state index >= 15 is 0 Å². The lowest BCUT2D eigenvalue weighted by molar-refractivity contribution is -0.139. The number of fused-ring (bicyclic) bond motifs is 1. The summed E-state index contributed by atoms with van der Waals surface area (Å²) in [4.78, 5) is 42.7. The Morgan fingerprint density at radius 3 is 2.44 bits per heavy atom. The van der Waals surface area contributed by atoms with Gasteiger partial charge in [0.05, 0.1) is 19.5 Å². The van der Waals surface area contributed by atoms with Crippen molar-refractivity contribution in [2.45, 2.75) is 18.9 Å². The van der Waals surface area contributed by atoms with Gasteiger partial charge < -0.3 is 33.7 Å². The second-order valence-corrected chi connectivity index (χ2v) is 8.56. The number of benzene rings is 1. The molecule has 2 fully saturated rings. The Kier molecular flexibility index (Phi) is 6.39. The molecule has 34 heavy (non-hydrogen) atoms. The summed E-state index contributed by atoms with van der Waals surface area (Å²) in [7, 11) is 0. The van der Waals surface area contributed by atoms with E-state index in [4.69, 9.17) is 18.6 Å². The molecule has 0 unspecified atom stereocenters. The summed E-state index contributed by atoms with van der Waals surface area (Å²) >= 11 is 0. The lowest BCUT2D eigenvalue weighted by atomic mass is 9.88. The molecule has 1 N–H and O–H groups in total. The summed E-state index contributed by atoms with van der Waals surface area (Å²) in [6, 6.07) is 7.60. The van der Waals surface area contributed by atoms with E-state index in [2.05, 4.69) is 5.32 Å². The van der Waals surface area contributed by atoms with E-state index in [1.807, 2.05) is 0 Å². The Hall–Kier alpha value is -3.53. The van der Waals surface area contributed by atoms with Crippen molar-refractivity contribution in [3.8, 4) is 11.5 Å². The predicted octanol–water partition coefficient (Wildman–Crippen LogP) is 1.52. The minimum atomic E-state index is -0.697. The number of rotatable bonds is 5. The van der Waals surface area contributed by atoms with Gasteiger partial charge in [0.1, 0.15) is 6.04 Å². The van der Waals surface area contributed by atoms with Crippen LogP contribution in [0.1, 0.15) is 33.8 Å². The molecule has 180 valence electrons. The van der Waals surface area contributed by atoms with Gasteiger partial charge in [-0.1, -0.05) is 0 Å². The van der Waals surface area contributed by atoms with Crippen LogP contribution in [0.4, 0.5) is 0 Å². The summed E-state index contributed by atoms with van der Waals surface area (Å²) in [5, 5.41) is 2.97. The average Bonchev–Trinajstić information content (AvgIpc) is 3.59. The van der Waals surface area contributed by atoms with Crippen LogP contribution in [-0.4, -0.2) is 79.7 Å². The monoisotopic (exact) mass is 469 g/mol. The highest BCUT2D eigenvalue weighted by atomic mass is 16.7. The number of nitrogens with one attached hydrogen (secondary N) is 1. The van der Waals surface area contributed by atoms with Gasteiger partial charge in [0.25, 0.3) is 11.8 Å². The number of nitrogens with zero attached hydrogens (tertiary/aromatic N) is 2. The molecule has 0 aliphatic carbocycles. The topological polar surface area (TPSA) is 111 Å². The molecule has 3 aliphatic rings. The molecule has 2 aromatic rings. The average molecular weight is 469 g/mol. The molecular weight excluding hydrogens is 442 g/mol. The van der Waals surface area contributed by atoms with Crippen LogP contribution in [-0.2, 0) is 9.53 Å². The van der Waals surface area contributed by atoms with Crippen molar-refractivity contribution in [3.05, 3.63) is 47.9 Å². The van der Waals surface area contributed by atoms with Gasteiger partial charge in [0, 0.05) is 31.7 Å². The molecule has 1 aromatic carbocycles. The molecule has 10 heteroatoms. The Bertz CT molecular complexity index is 1040. The van der Waals surface area contributed by atoms with E-state index in [-0.39, 0.29) is 30.4 Å². The Morgan fingerprint density at radius 2 is 1.71 bits per heavy atom. The highest BCUT2D eigenvalue weighted by Crippen LogP contribution is 2.32. The van der Waals surface area contributed by atoms with Crippen LogP contribution in [0.3, 0.4) is 0 Å². The van der Waals surface area contributed by atoms with E-state index in [1.54, 1.807) is 40.1 Å². The molecule has 0 bridgehead atoms. The van der Waals surface area contributed by atoms with Gasteiger partial charge in [0.2, 0.25) is 12.7 Å². The second kappa shape index (κ2) is 9.76. The Labute approximate surface area is 196 Å². The molecule has 5 rings (SSSR count). The zero-order valence-electron chi connectivity index (χ0n) is 18.7. The maximum atomic E-state index is 13.5. The summed E-state index contributed by atoms with van der Waals surface area (Å²) in [5.74, 6) is 0.667. The van der Waals surface area contributed by atoms with E-state index in [0.717, 1.165) is 0 Å². The molecule has 0 radical (unpaired) electrons. The van der Waals surface area contributed by atoms with Crippen molar-refractivity contribution >= 4 is 17.7 Å². The number of hydrogen-bond donors (Lipinski definition) is 1. The number of furan rings is 1. The zero-order chi connectivity index (χ0) is 23.5. The molecule has 3 amide bonds. The smallest absolute Gasteiger partial charge is 0.289 e.